The molecule has 0 aliphatic carbocycles. The summed E-state index contributed by atoms with van der Waals surface area (Å²) in [5.74, 6) is 5.27. The van der Waals surface area contributed by atoms with Gasteiger partial charge in [0.05, 0.1) is 10.2 Å². The summed E-state index contributed by atoms with van der Waals surface area (Å²) in [5.41, 5.74) is 3.55. The molecule has 1 aromatic carbocycles. The minimum atomic E-state index is -0.324. The zero-order valence-electron chi connectivity index (χ0n) is 10.6. The Bertz CT molecular complexity index is 786. The van der Waals surface area contributed by atoms with Crippen LogP contribution in [0.15, 0.2) is 36.4 Å². The van der Waals surface area contributed by atoms with E-state index in [1.54, 1.807) is 0 Å². The van der Waals surface area contributed by atoms with E-state index in [1.807, 2.05) is 24.3 Å². The summed E-state index contributed by atoms with van der Waals surface area (Å²) in [7, 11) is 0. The second-order valence-corrected chi connectivity index (χ2v) is 5.57. The Kier molecular flexibility index (Phi) is 3.70. The first-order valence-electron chi connectivity index (χ1n) is 5.97. The molecule has 3 rings (SSSR count). The van der Waals surface area contributed by atoms with Crippen molar-refractivity contribution in [3.8, 4) is 0 Å². The Morgan fingerprint density at radius 3 is 2.81 bits per heavy atom. The molecule has 2 heterocycles. The number of anilines is 2. The molecule has 8 heteroatoms. The topological polar surface area (TPSA) is 92.9 Å². The van der Waals surface area contributed by atoms with Crippen LogP contribution in [0.1, 0.15) is 10.4 Å². The van der Waals surface area contributed by atoms with Crippen LogP contribution < -0.4 is 16.6 Å². The highest BCUT2D eigenvalue weighted by atomic mass is 35.5. The third kappa shape index (κ3) is 2.94. The van der Waals surface area contributed by atoms with Gasteiger partial charge in [0.15, 0.2) is 5.13 Å². The predicted molar refractivity (Wildman–Crippen MR) is 84.6 cm³/mol. The number of thiazole rings is 1. The second-order valence-electron chi connectivity index (χ2n) is 4.15. The number of aromatic nitrogens is 2. The van der Waals surface area contributed by atoms with Crippen LogP contribution in [0.5, 0.6) is 0 Å². The Morgan fingerprint density at radius 2 is 2.05 bits per heavy atom. The molecule has 4 N–H and O–H groups in total. The summed E-state index contributed by atoms with van der Waals surface area (Å²) in [5, 5.41) is 3.44. The molecule has 0 atom stereocenters. The van der Waals surface area contributed by atoms with Crippen molar-refractivity contribution in [1.29, 1.82) is 0 Å². The van der Waals surface area contributed by atoms with Gasteiger partial charge in [-0.2, -0.15) is 0 Å². The number of hydrogen-bond donors (Lipinski definition) is 3. The molecular formula is C13H10ClN5OS. The molecule has 3 aromatic rings. The van der Waals surface area contributed by atoms with Crippen molar-refractivity contribution in [2.75, 3.05) is 10.7 Å². The van der Waals surface area contributed by atoms with Crippen molar-refractivity contribution in [1.82, 2.24) is 9.97 Å². The largest absolute Gasteiger partial charge is 0.308 e. The van der Waals surface area contributed by atoms with Gasteiger partial charge in [-0.15, -0.1) is 0 Å². The van der Waals surface area contributed by atoms with E-state index in [2.05, 4.69) is 20.7 Å². The van der Waals surface area contributed by atoms with E-state index in [4.69, 9.17) is 17.4 Å². The number of carbonyl (C=O) groups excluding carboxylic acids is 1. The van der Waals surface area contributed by atoms with Gasteiger partial charge in [-0.05, 0) is 24.3 Å². The molecule has 0 bridgehead atoms. The first-order valence-corrected chi connectivity index (χ1v) is 7.16. The summed E-state index contributed by atoms with van der Waals surface area (Å²) in [4.78, 5) is 20.5. The zero-order valence-corrected chi connectivity index (χ0v) is 12.2. The van der Waals surface area contributed by atoms with Crippen LogP contribution in [0.3, 0.4) is 0 Å². The van der Waals surface area contributed by atoms with E-state index in [-0.39, 0.29) is 11.1 Å². The van der Waals surface area contributed by atoms with Gasteiger partial charge in [-0.25, -0.2) is 15.8 Å². The fourth-order valence-electron chi connectivity index (χ4n) is 1.80. The number of amides is 1. The standard InChI is InChI=1S/C13H10ClN5OS/c14-10-5-7(6-11(17-10)19-15)12(20)18-13-16-8-3-1-2-4-9(8)21-13/h1-6H,15H2,(H,17,19)(H,16,18,20). The van der Waals surface area contributed by atoms with Crippen LogP contribution in [0.2, 0.25) is 5.15 Å². The highest BCUT2D eigenvalue weighted by Gasteiger charge is 2.12. The van der Waals surface area contributed by atoms with Crippen molar-refractivity contribution >= 4 is 50.0 Å². The van der Waals surface area contributed by atoms with Crippen molar-refractivity contribution in [3.05, 3.63) is 47.1 Å². The van der Waals surface area contributed by atoms with E-state index in [9.17, 15) is 4.79 Å². The smallest absolute Gasteiger partial charge is 0.257 e. The number of para-hydroxylation sites is 1. The maximum absolute atomic E-state index is 12.2. The van der Waals surface area contributed by atoms with E-state index in [0.29, 0.717) is 16.5 Å². The third-order valence-electron chi connectivity index (χ3n) is 2.72. The summed E-state index contributed by atoms with van der Waals surface area (Å²) in [6.07, 6.45) is 0. The summed E-state index contributed by atoms with van der Waals surface area (Å²) in [6, 6.07) is 10.6. The van der Waals surface area contributed by atoms with Gasteiger partial charge in [-0.1, -0.05) is 35.1 Å². The van der Waals surface area contributed by atoms with Crippen LogP contribution in [-0.4, -0.2) is 15.9 Å². The summed E-state index contributed by atoms with van der Waals surface area (Å²) < 4.78 is 1.00. The minimum absolute atomic E-state index is 0.180. The number of hydrogen-bond acceptors (Lipinski definition) is 6. The normalized spacial score (nSPS) is 10.6. The fraction of sp³-hybridized carbons (Fsp3) is 0. The van der Waals surface area contributed by atoms with Gasteiger partial charge in [-0.3, -0.25) is 10.1 Å². The summed E-state index contributed by atoms with van der Waals surface area (Å²) in [6.45, 7) is 0. The van der Waals surface area contributed by atoms with Gasteiger partial charge in [0, 0.05) is 5.56 Å². The lowest BCUT2D eigenvalue weighted by Crippen LogP contribution is -2.14. The van der Waals surface area contributed by atoms with Gasteiger partial charge >= 0.3 is 0 Å². The lowest BCUT2D eigenvalue weighted by molar-refractivity contribution is 0.102. The van der Waals surface area contributed by atoms with Crippen LogP contribution >= 0.6 is 22.9 Å². The monoisotopic (exact) mass is 319 g/mol. The van der Waals surface area contributed by atoms with Gasteiger partial charge in [0.2, 0.25) is 0 Å². The lowest BCUT2D eigenvalue weighted by atomic mass is 10.2. The van der Waals surface area contributed by atoms with E-state index < -0.39 is 0 Å². The number of nitrogens with two attached hydrogens (primary N) is 1. The highest BCUT2D eigenvalue weighted by Crippen LogP contribution is 2.26. The van der Waals surface area contributed by atoms with Gasteiger partial charge in [0.25, 0.3) is 5.91 Å². The molecule has 2 aromatic heterocycles. The lowest BCUT2D eigenvalue weighted by Gasteiger charge is -2.05. The Morgan fingerprint density at radius 1 is 1.24 bits per heavy atom. The molecule has 0 radical (unpaired) electrons. The number of rotatable bonds is 3. The van der Waals surface area contributed by atoms with Crippen LogP contribution in [-0.2, 0) is 0 Å². The Labute approximate surface area is 128 Å². The SMILES string of the molecule is NNc1cc(C(=O)Nc2nc3ccccc3s2)cc(Cl)n1. The first kappa shape index (κ1) is 13.7. The first-order chi connectivity index (χ1) is 10.2. The van der Waals surface area contributed by atoms with Crippen LogP contribution in [0.25, 0.3) is 10.2 Å². The number of halogens is 1. The minimum Gasteiger partial charge on any atom is -0.308 e. The number of fused-ring (bicyclic) bond motifs is 1. The molecule has 21 heavy (non-hydrogen) atoms. The molecule has 0 unspecified atom stereocenters. The predicted octanol–water partition coefficient (Wildman–Crippen LogP) is 2.88. The van der Waals surface area contributed by atoms with E-state index in [0.717, 1.165) is 10.2 Å². The molecule has 0 saturated carbocycles. The zero-order chi connectivity index (χ0) is 14.8. The number of carbonyl (C=O) groups is 1. The molecule has 0 saturated heterocycles. The molecule has 0 aliphatic heterocycles. The molecule has 106 valence electrons. The fourth-order valence-corrected chi connectivity index (χ4v) is 2.87. The van der Waals surface area contributed by atoms with Crippen LogP contribution in [0.4, 0.5) is 10.9 Å². The van der Waals surface area contributed by atoms with E-state index in [1.165, 1.54) is 23.5 Å². The number of benzene rings is 1. The van der Waals surface area contributed by atoms with Crippen molar-refractivity contribution in [3.63, 3.8) is 0 Å². The van der Waals surface area contributed by atoms with Crippen molar-refractivity contribution < 1.29 is 4.79 Å². The molecule has 0 fully saturated rings. The highest BCUT2D eigenvalue weighted by molar-refractivity contribution is 7.22. The maximum atomic E-state index is 12.2. The van der Waals surface area contributed by atoms with Crippen molar-refractivity contribution in [2.45, 2.75) is 0 Å². The molecule has 1 amide bonds. The quantitative estimate of drug-likeness (QED) is 0.392. The van der Waals surface area contributed by atoms with Crippen LogP contribution in [0, 0.1) is 0 Å². The average Bonchev–Trinajstić information content (AvgIpc) is 2.88. The Balaban J connectivity index is 1.87. The summed E-state index contributed by atoms with van der Waals surface area (Å²) >= 11 is 7.24. The second kappa shape index (κ2) is 5.65. The van der Waals surface area contributed by atoms with E-state index >= 15 is 0 Å². The molecular weight excluding hydrogens is 310 g/mol. The average molecular weight is 320 g/mol. The number of nitrogens with one attached hydrogen (secondary N) is 2. The number of nitrogen functional groups attached to an aromatic ring is 1. The van der Waals surface area contributed by atoms with Crippen molar-refractivity contribution in [2.24, 2.45) is 5.84 Å². The number of hydrazine groups is 1. The van der Waals surface area contributed by atoms with Gasteiger partial charge in [0.1, 0.15) is 11.0 Å². The Hall–Kier alpha value is -2.22. The maximum Gasteiger partial charge on any atom is 0.257 e. The number of pyridine rings is 1. The van der Waals surface area contributed by atoms with Gasteiger partial charge < -0.3 is 5.43 Å². The molecule has 6 nitrogen and oxygen atoms in total. The molecule has 0 spiro atoms. The third-order valence-corrected chi connectivity index (χ3v) is 3.86. The number of nitrogens with zero attached hydrogens (tertiary/aromatic N) is 2. The molecule has 0 aliphatic rings.